The molecule has 0 radical (unpaired) electrons. The van der Waals surface area contributed by atoms with E-state index < -0.39 is 11.9 Å². The van der Waals surface area contributed by atoms with Crippen LogP contribution in [0.25, 0.3) is 0 Å². The molecule has 0 saturated heterocycles. The van der Waals surface area contributed by atoms with Crippen LogP contribution in [0.2, 0.25) is 0 Å². The summed E-state index contributed by atoms with van der Waals surface area (Å²) >= 11 is 0. The van der Waals surface area contributed by atoms with Gasteiger partial charge in [0.25, 0.3) is 0 Å². The zero-order valence-electron chi connectivity index (χ0n) is 5.63. The Labute approximate surface area is 58.2 Å². The summed E-state index contributed by atoms with van der Waals surface area (Å²) in [7, 11) is 0. The summed E-state index contributed by atoms with van der Waals surface area (Å²) in [5.41, 5.74) is 0. The number of hydrogen-bond acceptors (Lipinski definition) is 2. The van der Waals surface area contributed by atoms with Gasteiger partial charge in [0.15, 0.2) is 0 Å². The van der Waals surface area contributed by atoms with Crippen LogP contribution in [0.1, 0.15) is 13.3 Å². The van der Waals surface area contributed by atoms with Crippen LogP contribution >= 0.6 is 0 Å². The third-order valence-corrected chi connectivity index (χ3v) is 1.62. The minimum atomic E-state index is -1.40. The third kappa shape index (κ3) is 1.46. The van der Waals surface area contributed by atoms with E-state index in [4.69, 9.17) is 5.11 Å². The zero-order valence-corrected chi connectivity index (χ0v) is 5.63. The molecule has 2 N–H and O–H groups in total. The maximum absolute atomic E-state index is 10.4. The summed E-state index contributed by atoms with van der Waals surface area (Å²) in [6, 6.07) is 0.101. The molecule has 2 unspecified atom stereocenters. The molecule has 1 aliphatic rings. The van der Waals surface area contributed by atoms with Gasteiger partial charge >= 0.3 is 11.9 Å². The van der Waals surface area contributed by atoms with Crippen LogP contribution < -0.4 is 5.32 Å². The number of nitrogens with one attached hydrogen (secondary N) is 1. The standard InChI is InChI=1S/C6H9NO3/c1-3-2-4(3)7-5(8)6(9)10/h3-4H,2H2,1H3,(H,7,8)(H,9,10). The molecule has 0 aromatic heterocycles. The highest BCUT2D eigenvalue weighted by molar-refractivity contribution is 6.31. The fraction of sp³-hybridized carbons (Fsp3) is 0.667. The van der Waals surface area contributed by atoms with Crippen LogP contribution in [0.4, 0.5) is 0 Å². The minimum Gasteiger partial charge on any atom is -0.474 e. The van der Waals surface area contributed by atoms with E-state index in [9.17, 15) is 9.59 Å². The summed E-state index contributed by atoms with van der Waals surface area (Å²) in [6.07, 6.45) is 0.902. The topological polar surface area (TPSA) is 66.4 Å². The number of carboxylic acids is 1. The molecule has 56 valence electrons. The van der Waals surface area contributed by atoms with Crippen LogP contribution in [0.15, 0.2) is 0 Å². The Morgan fingerprint density at radius 2 is 2.10 bits per heavy atom. The highest BCUT2D eigenvalue weighted by Gasteiger charge is 2.35. The van der Waals surface area contributed by atoms with E-state index in [2.05, 4.69) is 5.32 Å². The first kappa shape index (κ1) is 7.05. The molecule has 0 heterocycles. The first-order chi connectivity index (χ1) is 4.61. The van der Waals surface area contributed by atoms with Gasteiger partial charge in [0.1, 0.15) is 0 Å². The van der Waals surface area contributed by atoms with Crippen molar-refractivity contribution in [2.24, 2.45) is 5.92 Å². The van der Waals surface area contributed by atoms with E-state index in [1.54, 1.807) is 0 Å². The second-order valence-electron chi connectivity index (χ2n) is 2.60. The van der Waals surface area contributed by atoms with Gasteiger partial charge in [-0.05, 0) is 12.3 Å². The Hall–Kier alpha value is -1.06. The van der Waals surface area contributed by atoms with Gasteiger partial charge in [0, 0.05) is 6.04 Å². The molecule has 1 saturated carbocycles. The molecule has 0 aromatic carbocycles. The first-order valence-corrected chi connectivity index (χ1v) is 3.15. The second-order valence-corrected chi connectivity index (χ2v) is 2.60. The Bertz CT molecular complexity index is 178. The number of aliphatic carboxylic acids is 1. The molecule has 1 amide bonds. The molecule has 10 heavy (non-hydrogen) atoms. The zero-order chi connectivity index (χ0) is 7.72. The highest BCUT2D eigenvalue weighted by atomic mass is 16.4. The fourth-order valence-electron chi connectivity index (χ4n) is 0.753. The average molecular weight is 143 g/mol. The highest BCUT2D eigenvalue weighted by Crippen LogP contribution is 2.28. The van der Waals surface area contributed by atoms with Crippen molar-refractivity contribution >= 4 is 11.9 Å². The molecular weight excluding hydrogens is 134 g/mol. The Kier molecular flexibility index (Phi) is 1.61. The normalized spacial score (nSPS) is 29.3. The van der Waals surface area contributed by atoms with Crippen molar-refractivity contribution in [2.45, 2.75) is 19.4 Å². The van der Waals surface area contributed by atoms with Crippen LogP contribution in [0.5, 0.6) is 0 Å². The molecule has 1 aliphatic carbocycles. The molecule has 2 atom stereocenters. The number of carboxylic acid groups (broad SMARTS) is 1. The van der Waals surface area contributed by atoms with E-state index in [0.717, 1.165) is 6.42 Å². The summed E-state index contributed by atoms with van der Waals surface area (Å²) in [6.45, 7) is 1.97. The Balaban J connectivity index is 2.26. The van der Waals surface area contributed by atoms with Crippen molar-refractivity contribution in [3.8, 4) is 0 Å². The number of hydrogen-bond donors (Lipinski definition) is 2. The first-order valence-electron chi connectivity index (χ1n) is 3.15. The maximum Gasteiger partial charge on any atom is 0.394 e. The molecule has 0 bridgehead atoms. The monoisotopic (exact) mass is 143 g/mol. The fourth-order valence-corrected chi connectivity index (χ4v) is 0.753. The van der Waals surface area contributed by atoms with Crippen molar-refractivity contribution in [1.82, 2.24) is 5.32 Å². The number of rotatable bonds is 1. The van der Waals surface area contributed by atoms with Gasteiger partial charge in [0.05, 0.1) is 0 Å². The van der Waals surface area contributed by atoms with E-state index in [0.29, 0.717) is 5.92 Å². The van der Waals surface area contributed by atoms with Gasteiger partial charge in [-0.3, -0.25) is 4.79 Å². The van der Waals surface area contributed by atoms with Crippen LogP contribution in [-0.2, 0) is 9.59 Å². The molecule has 0 spiro atoms. The van der Waals surface area contributed by atoms with Crippen LogP contribution in [-0.4, -0.2) is 23.0 Å². The average Bonchev–Trinajstić information content (AvgIpc) is 2.46. The van der Waals surface area contributed by atoms with Gasteiger partial charge in [-0.15, -0.1) is 0 Å². The van der Waals surface area contributed by atoms with Gasteiger partial charge in [-0.2, -0.15) is 0 Å². The van der Waals surface area contributed by atoms with Crippen molar-refractivity contribution < 1.29 is 14.7 Å². The van der Waals surface area contributed by atoms with Crippen molar-refractivity contribution in [1.29, 1.82) is 0 Å². The van der Waals surface area contributed by atoms with Crippen molar-refractivity contribution in [2.75, 3.05) is 0 Å². The van der Waals surface area contributed by atoms with E-state index >= 15 is 0 Å². The molecule has 4 nitrogen and oxygen atoms in total. The van der Waals surface area contributed by atoms with Gasteiger partial charge in [-0.25, -0.2) is 4.79 Å². The smallest absolute Gasteiger partial charge is 0.394 e. The van der Waals surface area contributed by atoms with Gasteiger partial charge < -0.3 is 10.4 Å². The van der Waals surface area contributed by atoms with Crippen molar-refractivity contribution in [3.63, 3.8) is 0 Å². The summed E-state index contributed by atoms with van der Waals surface area (Å²) in [5.74, 6) is -1.85. The summed E-state index contributed by atoms with van der Waals surface area (Å²) in [4.78, 5) is 20.4. The Morgan fingerprint density at radius 3 is 2.40 bits per heavy atom. The molecule has 1 rings (SSSR count). The summed E-state index contributed by atoms with van der Waals surface area (Å²) in [5, 5.41) is 10.5. The quantitative estimate of drug-likeness (QED) is 0.490. The van der Waals surface area contributed by atoms with Gasteiger partial charge in [-0.1, -0.05) is 6.92 Å². The lowest BCUT2D eigenvalue weighted by atomic mass is 10.4. The number of carbonyl (C=O) groups is 2. The molecule has 0 aliphatic heterocycles. The number of amides is 1. The predicted molar refractivity (Wildman–Crippen MR) is 33.3 cm³/mol. The number of carbonyl (C=O) groups excluding carboxylic acids is 1. The SMILES string of the molecule is CC1CC1NC(=O)C(=O)O. The lowest BCUT2D eigenvalue weighted by molar-refractivity contribution is -0.150. The lowest BCUT2D eigenvalue weighted by Crippen LogP contribution is -2.32. The molecule has 1 fully saturated rings. The Morgan fingerprint density at radius 1 is 1.60 bits per heavy atom. The maximum atomic E-state index is 10.4. The molecular formula is C6H9NO3. The van der Waals surface area contributed by atoms with Crippen LogP contribution in [0.3, 0.4) is 0 Å². The lowest BCUT2D eigenvalue weighted by Gasteiger charge is -1.96. The van der Waals surface area contributed by atoms with Crippen LogP contribution in [0, 0.1) is 5.92 Å². The van der Waals surface area contributed by atoms with Gasteiger partial charge in [0.2, 0.25) is 0 Å². The van der Waals surface area contributed by atoms with Crippen molar-refractivity contribution in [3.05, 3.63) is 0 Å². The third-order valence-electron chi connectivity index (χ3n) is 1.62. The molecule has 4 heteroatoms. The van der Waals surface area contributed by atoms with E-state index in [1.807, 2.05) is 6.92 Å². The minimum absolute atomic E-state index is 0.101. The largest absolute Gasteiger partial charge is 0.474 e. The van der Waals surface area contributed by atoms with E-state index in [-0.39, 0.29) is 6.04 Å². The predicted octanol–water partition coefficient (Wildman–Crippen LogP) is -0.404. The summed E-state index contributed by atoms with van der Waals surface area (Å²) < 4.78 is 0. The molecule has 0 aromatic rings. The van der Waals surface area contributed by atoms with E-state index in [1.165, 1.54) is 0 Å². The second kappa shape index (κ2) is 2.28.